The van der Waals surface area contributed by atoms with Gasteiger partial charge in [0.25, 0.3) is 0 Å². The van der Waals surface area contributed by atoms with E-state index in [1.807, 2.05) is 12.1 Å². The number of carbonyl (C=O) groups excluding carboxylic acids is 1. The Kier molecular flexibility index (Phi) is 4.48. The summed E-state index contributed by atoms with van der Waals surface area (Å²) >= 11 is 0. The Morgan fingerprint density at radius 3 is 2.88 bits per heavy atom. The normalized spacial score (nSPS) is 17.0. The molecule has 0 aliphatic carbocycles. The molecule has 2 aromatic rings. The zero-order chi connectivity index (χ0) is 17.1. The Balaban J connectivity index is 1.90. The molecule has 1 aliphatic heterocycles. The Labute approximate surface area is 140 Å². The monoisotopic (exact) mass is 328 g/mol. The van der Waals surface area contributed by atoms with Crippen LogP contribution >= 0.6 is 0 Å². The van der Waals surface area contributed by atoms with Gasteiger partial charge in [-0.15, -0.1) is 0 Å². The molecule has 2 heterocycles. The first-order chi connectivity index (χ1) is 11.6. The fourth-order valence-corrected chi connectivity index (χ4v) is 2.63. The van der Waals surface area contributed by atoms with E-state index >= 15 is 0 Å². The molecule has 24 heavy (non-hydrogen) atoms. The molecule has 0 saturated carbocycles. The summed E-state index contributed by atoms with van der Waals surface area (Å²) in [6.07, 6.45) is 2.00. The van der Waals surface area contributed by atoms with Gasteiger partial charge in [0.05, 0.1) is 12.8 Å². The standard InChI is InChI=1S/C16H20N6O2/c1-18-14-5-6-19-16(21-14)20-11-3-4-13(24-2)12(8-11)22-9-10(17)7-15(22)23/h3-6,8,10H,7,9,17H2,1-2H3,(H2,18,19,20,21). The van der Waals surface area contributed by atoms with Crippen molar-refractivity contribution in [2.75, 3.05) is 36.2 Å². The van der Waals surface area contributed by atoms with Gasteiger partial charge >= 0.3 is 0 Å². The van der Waals surface area contributed by atoms with E-state index in [1.54, 1.807) is 37.4 Å². The molecule has 1 aliphatic rings. The van der Waals surface area contributed by atoms with Gasteiger partial charge in [-0.2, -0.15) is 4.98 Å². The van der Waals surface area contributed by atoms with Crippen LogP contribution in [0.4, 0.5) is 23.1 Å². The highest BCUT2D eigenvalue weighted by atomic mass is 16.5. The van der Waals surface area contributed by atoms with Gasteiger partial charge in [0.2, 0.25) is 11.9 Å². The van der Waals surface area contributed by atoms with Crippen LogP contribution in [0.25, 0.3) is 0 Å². The number of anilines is 4. The molecule has 1 saturated heterocycles. The maximum atomic E-state index is 12.1. The summed E-state index contributed by atoms with van der Waals surface area (Å²) in [7, 11) is 3.37. The van der Waals surface area contributed by atoms with E-state index in [0.717, 1.165) is 5.69 Å². The van der Waals surface area contributed by atoms with E-state index in [2.05, 4.69) is 20.6 Å². The highest BCUT2D eigenvalue weighted by Gasteiger charge is 2.30. The van der Waals surface area contributed by atoms with Crippen LogP contribution in [0.1, 0.15) is 6.42 Å². The van der Waals surface area contributed by atoms with E-state index in [9.17, 15) is 4.79 Å². The number of hydrogen-bond donors (Lipinski definition) is 3. The lowest BCUT2D eigenvalue weighted by atomic mass is 10.2. The molecule has 1 unspecified atom stereocenters. The molecule has 0 bridgehead atoms. The molecule has 1 amide bonds. The number of nitrogens with two attached hydrogens (primary N) is 1. The maximum absolute atomic E-state index is 12.1. The molecule has 126 valence electrons. The van der Waals surface area contributed by atoms with Crippen molar-refractivity contribution in [3.8, 4) is 5.75 Å². The summed E-state index contributed by atoms with van der Waals surface area (Å²) in [6, 6.07) is 7.10. The number of ether oxygens (including phenoxy) is 1. The van der Waals surface area contributed by atoms with Crippen LogP contribution in [0.5, 0.6) is 5.75 Å². The second-order valence-corrected chi connectivity index (χ2v) is 5.50. The Bertz CT molecular complexity index is 751. The number of aromatic nitrogens is 2. The van der Waals surface area contributed by atoms with Gasteiger partial charge in [0.15, 0.2) is 0 Å². The number of nitrogens with one attached hydrogen (secondary N) is 2. The van der Waals surface area contributed by atoms with Crippen LogP contribution in [0.15, 0.2) is 30.5 Å². The van der Waals surface area contributed by atoms with Crippen molar-refractivity contribution >= 4 is 29.0 Å². The number of hydrogen-bond acceptors (Lipinski definition) is 7. The second kappa shape index (κ2) is 6.71. The van der Waals surface area contributed by atoms with Crippen LogP contribution in [-0.4, -0.2) is 42.6 Å². The molecule has 1 atom stereocenters. The van der Waals surface area contributed by atoms with Crippen molar-refractivity contribution in [2.45, 2.75) is 12.5 Å². The van der Waals surface area contributed by atoms with Crippen molar-refractivity contribution in [2.24, 2.45) is 5.73 Å². The second-order valence-electron chi connectivity index (χ2n) is 5.50. The molecule has 8 nitrogen and oxygen atoms in total. The van der Waals surface area contributed by atoms with Crippen molar-refractivity contribution in [3.05, 3.63) is 30.5 Å². The van der Waals surface area contributed by atoms with Crippen LogP contribution in [0.3, 0.4) is 0 Å². The number of nitrogens with zero attached hydrogens (tertiary/aromatic N) is 3. The maximum Gasteiger partial charge on any atom is 0.229 e. The quantitative estimate of drug-likeness (QED) is 0.760. The summed E-state index contributed by atoms with van der Waals surface area (Å²) in [6.45, 7) is 0.477. The van der Waals surface area contributed by atoms with E-state index < -0.39 is 0 Å². The largest absolute Gasteiger partial charge is 0.495 e. The molecule has 1 aromatic carbocycles. The predicted octanol–water partition coefficient (Wildman–Crippen LogP) is 1.33. The number of rotatable bonds is 5. The van der Waals surface area contributed by atoms with Crippen molar-refractivity contribution in [1.29, 1.82) is 0 Å². The highest BCUT2D eigenvalue weighted by molar-refractivity contribution is 5.98. The minimum atomic E-state index is -0.158. The number of benzene rings is 1. The van der Waals surface area contributed by atoms with Gasteiger partial charge in [0, 0.05) is 37.9 Å². The first kappa shape index (κ1) is 16.0. The Hall–Kier alpha value is -2.87. The van der Waals surface area contributed by atoms with Crippen LogP contribution in [0.2, 0.25) is 0 Å². The fourth-order valence-electron chi connectivity index (χ4n) is 2.63. The lowest BCUT2D eigenvalue weighted by Crippen LogP contribution is -2.28. The number of carbonyl (C=O) groups is 1. The van der Waals surface area contributed by atoms with E-state index in [4.69, 9.17) is 10.5 Å². The third-order valence-corrected chi connectivity index (χ3v) is 3.79. The molecule has 1 fully saturated rings. The molecule has 1 aromatic heterocycles. The van der Waals surface area contributed by atoms with Crippen molar-refractivity contribution in [3.63, 3.8) is 0 Å². The predicted molar refractivity (Wildman–Crippen MR) is 92.8 cm³/mol. The first-order valence-electron chi connectivity index (χ1n) is 7.62. The number of methoxy groups -OCH3 is 1. The molecule has 8 heteroatoms. The molecule has 4 N–H and O–H groups in total. The Morgan fingerprint density at radius 2 is 2.21 bits per heavy atom. The summed E-state index contributed by atoms with van der Waals surface area (Å²) in [4.78, 5) is 22.3. The van der Waals surface area contributed by atoms with Gasteiger partial charge in [-0.3, -0.25) is 4.79 Å². The molecule has 3 rings (SSSR count). The number of amides is 1. The van der Waals surface area contributed by atoms with E-state index in [0.29, 0.717) is 36.2 Å². The van der Waals surface area contributed by atoms with Crippen LogP contribution in [0, 0.1) is 0 Å². The van der Waals surface area contributed by atoms with E-state index in [-0.39, 0.29) is 11.9 Å². The topological polar surface area (TPSA) is 105 Å². The third-order valence-electron chi connectivity index (χ3n) is 3.79. The lowest BCUT2D eigenvalue weighted by Gasteiger charge is -2.20. The summed E-state index contributed by atoms with van der Waals surface area (Å²) in [5.74, 6) is 1.78. The Morgan fingerprint density at radius 1 is 1.38 bits per heavy atom. The van der Waals surface area contributed by atoms with Gasteiger partial charge in [-0.1, -0.05) is 0 Å². The SMILES string of the molecule is CNc1ccnc(Nc2ccc(OC)c(N3CC(N)CC3=O)c2)n1. The average molecular weight is 328 g/mol. The van der Waals surface area contributed by atoms with E-state index in [1.165, 1.54) is 0 Å². The highest BCUT2D eigenvalue weighted by Crippen LogP contribution is 2.34. The van der Waals surface area contributed by atoms with Gasteiger partial charge in [-0.25, -0.2) is 4.98 Å². The average Bonchev–Trinajstić information content (AvgIpc) is 2.93. The smallest absolute Gasteiger partial charge is 0.229 e. The van der Waals surface area contributed by atoms with Gasteiger partial charge in [0.1, 0.15) is 11.6 Å². The van der Waals surface area contributed by atoms with Crippen molar-refractivity contribution < 1.29 is 9.53 Å². The zero-order valence-corrected chi connectivity index (χ0v) is 13.6. The van der Waals surface area contributed by atoms with Gasteiger partial charge in [-0.05, 0) is 24.3 Å². The zero-order valence-electron chi connectivity index (χ0n) is 13.6. The summed E-state index contributed by atoms with van der Waals surface area (Å²) in [5.41, 5.74) is 7.33. The molecular weight excluding hydrogens is 308 g/mol. The minimum Gasteiger partial charge on any atom is -0.495 e. The lowest BCUT2D eigenvalue weighted by molar-refractivity contribution is -0.117. The third kappa shape index (κ3) is 3.23. The molecule has 0 radical (unpaired) electrons. The van der Waals surface area contributed by atoms with Gasteiger partial charge < -0.3 is 26.0 Å². The van der Waals surface area contributed by atoms with Crippen molar-refractivity contribution in [1.82, 2.24) is 9.97 Å². The fraction of sp³-hybridized carbons (Fsp3) is 0.312. The summed E-state index contributed by atoms with van der Waals surface area (Å²) in [5, 5.41) is 6.09. The minimum absolute atomic E-state index is 0.00798. The molecular formula is C16H20N6O2. The van der Waals surface area contributed by atoms with Crippen LogP contribution < -0.4 is 26.0 Å². The summed E-state index contributed by atoms with van der Waals surface area (Å²) < 4.78 is 5.38. The molecule has 0 spiro atoms. The van der Waals surface area contributed by atoms with Crippen LogP contribution in [-0.2, 0) is 4.79 Å². The first-order valence-corrected chi connectivity index (χ1v) is 7.62.